The Morgan fingerprint density at radius 1 is 1.03 bits per heavy atom. The number of aliphatic hydroxyl groups excluding tert-OH is 1. The number of nitrogen functional groups attached to an aromatic ring is 1. The van der Waals surface area contributed by atoms with Gasteiger partial charge < -0.3 is 25.6 Å². The van der Waals surface area contributed by atoms with E-state index in [1.807, 2.05) is 36.4 Å². The molecule has 0 heterocycles. The number of halogens is 1. The molecule has 2 aromatic rings. The van der Waals surface area contributed by atoms with Crippen LogP contribution in [0.25, 0.3) is 0 Å². The summed E-state index contributed by atoms with van der Waals surface area (Å²) in [4.78, 5) is 12.4. The van der Waals surface area contributed by atoms with Crippen LogP contribution >= 0.6 is 12.4 Å². The van der Waals surface area contributed by atoms with Crippen molar-refractivity contribution in [3.8, 4) is 11.5 Å². The molecular weight excluding hydrogens is 464 g/mol. The first-order valence-corrected chi connectivity index (χ1v) is 12.8. The molecule has 192 valence electrons. The third-order valence-electron chi connectivity index (χ3n) is 7.09. The largest absolute Gasteiger partial charge is 0.491 e. The van der Waals surface area contributed by atoms with E-state index in [2.05, 4.69) is 11.4 Å². The van der Waals surface area contributed by atoms with E-state index in [1.165, 1.54) is 24.8 Å². The first-order valence-electron chi connectivity index (χ1n) is 12.8. The Bertz CT molecular complexity index is 934. The summed E-state index contributed by atoms with van der Waals surface area (Å²) in [7, 11) is 0. The van der Waals surface area contributed by atoms with Gasteiger partial charge in [-0.25, -0.2) is 0 Å². The Kier molecular flexibility index (Phi) is 10.5. The summed E-state index contributed by atoms with van der Waals surface area (Å²) < 4.78 is 11.6. The fourth-order valence-electron chi connectivity index (χ4n) is 5.28. The Morgan fingerprint density at radius 2 is 1.80 bits per heavy atom. The number of nitrogens with two attached hydrogens (primary N) is 1. The molecule has 0 bridgehead atoms. The van der Waals surface area contributed by atoms with E-state index >= 15 is 0 Å². The number of hydrogen-bond acceptors (Lipinski definition) is 5. The van der Waals surface area contributed by atoms with Gasteiger partial charge in [0.15, 0.2) is 6.61 Å². The molecule has 2 aliphatic carbocycles. The van der Waals surface area contributed by atoms with Gasteiger partial charge >= 0.3 is 0 Å². The highest BCUT2D eigenvalue weighted by Gasteiger charge is 2.23. The number of aliphatic hydroxyl groups is 1. The number of para-hydroxylation sites is 1. The average molecular weight is 503 g/mol. The first-order chi connectivity index (χ1) is 16.6. The Balaban J connectivity index is 0.00000342. The minimum atomic E-state index is -0.532. The molecule has 2 atom stereocenters. The number of aryl methyl sites for hydroxylation is 1. The van der Waals surface area contributed by atoms with Crippen molar-refractivity contribution in [1.82, 2.24) is 5.32 Å². The van der Waals surface area contributed by atoms with Gasteiger partial charge in [-0.1, -0.05) is 43.5 Å². The predicted molar refractivity (Wildman–Crippen MR) is 141 cm³/mol. The third kappa shape index (κ3) is 8.04. The lowest BCUT2D eigenvalue weighted by atomic mass is 9.91. The number of hydrogen-bond donors (Lipinski definition) is 3. The van der Waals surface area contributed by atoms with Gasteiger partial charge in [0.05, 0.1) is 11.8 Å². The van der Waals surface area contributed by atoms with Crippen LogP contribution in [-0.4, -0.2) is 36.4 Å². The van der Waals surface area contributed by atoms with Crippen molar-refractivity contribution >= 4 is 24.0 Å². The van der Waals surface area contributed by atoms with Crippen LogP contribution in [0.5, 0.6) is 11.5 Å². The molecule has 1 amide bonds. The number of ether oxygens (including phenoxy) is 2. The quantitative estimate of drug-likeness (QED) is 0.337. The number of benzene rings is 2. The normalized spacial score (nSPS) is 18.9. The van der Waals surface area contributed by atoms with E-state index in [-0.39, 0.29) is 37.6 Å². The number of rotatable bonds is 9. The second-order valence-electron chi connectivity index (χ2n) is 9.78. The van der Waals surface area contributed by atoms with Gasteiger partial charge in [0.2, 0.25) is 0 Å². The fraction of sp³-hybridized carbons (Fsp3) is 0.536. The van der Waals surface area contributed by atoms with Gasteiger partial charge in [-0.2, -0.15) is 0 Å². The number of nitrogens with one attached hydrogen (secondary N) is 1. The number of amides is 1. The molecule has 4 rings (SSSR count). The van der Waals surface area contributed by atoms with Crippen LogP contribution in [0.3, 0.4) is 0 Å². The zero-order chi connectivity index (χ0) is 23.8. The smallest absolute Gasteiger partial charge is 0.258 e. The van der Waals surface area contributed by atoms with Gasteiger partial charge in [0, 0.05) is 6.04 Å². The van der Waals surface area contributed by atoms with Gasteiger partial charge in [-0.15, -0.1) is 12.4 Å². The lowest BCUT2D eigenvalue weighted by Gasteiger charge is -2.23. The van der Waals surface area contributed by atoms with Gasteiger partial charge in [-0.3, -0.25) is 4.79 Å². The van der Waals surface area contributed by atoms with Crippen LogP contribution in [0.1, 0.15) is 62.5 Å². The number of carbonyl (C=O) groups excluding carboxylic acids is 1. The highest BCUT2D eigenvalue weighted by atomic mass is 35.5. The van der Waals surface area contributed by atoms with E-state index in [0.29, 0.717) is 23.8 Å². The summed E-state index contributed by atoms with van der Waals surface area (Å²) in [5.74, 6) is 1.58. The lowest BCUT2D eigenvalue weighted by molar-refractivity contribution is -0.124. The molecule has 1 fully saturated rings. The minimum absolute atomic E-state index is 0. The Labute approximate surface area is 215 Å². The summed E-state index contributed by atoms with van der Waals surface area (Å²) in [6, 6.07) is 13.8. The predicted octanol–water partition coefficient (Wildman–Crippen LogP) is 4.84. The van der Waals surface area contributed by atoms with Crippen LogP contribution in [0.4, 0.5) is 5.69 Å². The van der Waals surface area contributed by atoms with E-state index in [0.717, 1.165) is 49.8 Å². The molecule has 7 heteroatoms. The Morgan fingerprint density at radius 3 is 2.57 bits per heavy atom. The molecule has 2 aliphatic rings. The minimum Gasteiger partial charge on any atom is -0.491 e. The summed E-state index contributed by atoms with van der Waals surface area (Å²) in [5, 5.41) is 13.7. The van der Waals surface area contributed by atoms with Crippen LogP contribution in [0, 0.1) is 5.92 Å². The van der Waals surface area contributed by atoms with Crippen molar-refractivity contribution in [3.63, 3.8) is 0 Å². The second kappa shape index (κ2) is 13.6. The van der Waals surface area contributed by atoms with Gasteiger partial charge in [-0.05, 0) is 80.2 Å². The highest BCUT2D eigenvalue weighted by Crippen LogP contribution is 2.36. The maximum Gasteiger partial charge on any atom is 0.258 e. The van der Waals surface area contributed by atoms with Gasteiger partial charge in [0.1, 0.15) is 18.1 Å². The topological polar surface area (TPSA) is 93.8 Å². The number of anilines is 1. The van der Waals surface area contributed by atoms with Crippen LogP contribution < -0.4 is 20.5 Å². The zero-order valence-corrected chi connectivity index (χ0v) is 21.2. The standard InChI is InChI=1S/C28H38N2O4.ClH/c29-28-25-17-20(16-23(31)18-33-24-12-5-2-6-13-24)8-7-9-21(25)14-15-26(28)34-19-27(32)30-22-10-3-1-4-11-22;/h2,5-6,12-15,20,22-23,31H,1,3-4,7-11,16-19,29H2,(H,30,32);1H/t20?,23-;/m0./s1. The van der Waals surface area contributed by atoms with Crippen molar-refractivity contribution < 1.29 is 19.4 Å². The molecule has 6 nitrogen and oxygen atoms in total. The molecular formula is C28H39ClN2O4. The van der Waals surface area contributed by atoms with Crippen molar-refractivity contribution in [1.29, 1.82) is 0 Å². The van der Waals surface area contributed by atoms with Crippen LogP contribution in [0.2, 0.25) is 0 Å². The molecule has 2 aromatic carbocycles. The monoisotopic (exact) mass is 502 g/mol. The summed E-state index contributed by atoms with van der Waals surface area (Å²) in [6.45, 7) is 0.264. The van der Waals surface area contributed by atoms with Crippen molar-refractivity contribution in [2.45, 2.75) is 76.4 Å². The summed E-state index contributed by atoms with van der Waals surface area (Å²) in [5.41, 5.74) is 9.50. The maximum atomic E-state index is 12.4. The molecule has 1 unspecified atom stereocenters. The van der Waals surface area contributed by atoms with E-state index in [1.54, 1.807) is 0 Å². The van der Waals surface area contributed by atoms with Gasteiger partial charge in [0.25, 0.3) is 5.91 Å². The molecule has 1 saturated carbocycles. The summed E-state index contributed by atoms with van der Waals surface area (Å²) in [6.07, 6.45) is 9.72. The zero-order valence-electron chi connectivity index (χ0n) is 20.4. The molecule has 4 N–H and O–H groups in total. The molecule has 0 spiro atoms. The van der Waals surface area contributed by atoms with E-state index < -0.39 is 6.10 Å². The third-order valence-corrected chi connectivity index (χ3v) is 7.09. The molecule has 0 radical (unpaired) electrons. The fourth-order valence-corrected chi connectivity index (χ4v) is 5.28. The molecule has 0 aliphatic heterocycles. The van der Waals surface area contributed by atoms with E-state index in [4.69, 9.17) is 15.2 Å². The first kappa shape index (κ1) is 27.2. The number of carbonyl (C=O) groups is 1. The lowest BCUT2D eigenvalue weighted by Crippen LogP contribution is -2.39. The SMILES string of the molecule is Cl.Nc1c(OCC(=O)NC2CCCCC2)ccc2c1CC(C[C@H](O)COc1ccccc1)CCC2. The second-order valence-corrected chi connectivity index (χ2v) is 9.78. The maximum absolute atomic E-state index is 12.4. The van der Waals surface area contributed by atoms with Crippen molar-refractivity contribution in [3.05, 3.63) is 53.6 Å². The van der Waals surface area contributed by atoms with E-state index in [9.17, 15) is 9.90 Å². The molecule has 35 heavy (non-hydrogen) atoms. The van der Waals surface area contributed by atoms with Crippen molar-refractivity contribution in [2.24, 2.45) is 5.92 Å². The molecule has 0 saturated heterocycles. The average Bonchev–Trinajstić information content (AvgIpc) is 3.06. The highest BCUT2D eigenvalue weighted by molar-refractivity contribution is 5.85. The van der Waals surface area contributed by atoms with Crippen LogP contribution in [0.15, 0.2) is 42.5 Å². The number of fused-ring (bicyclic) bond motifs is 1. The van der Waals surface area contributed by atoms with Crippen molar-refractivity contribution in [2.75, 3.05) is 18.9 Å². The molecule has 0 aromatic heterocycles. The van der Waals surface area contributed by atoms with Crippen LogP contribution in [-0.2, 0) is 17.6 Å². The Hall–Kier alpha value is -2.44. The summed E-state index contributed by atoms with van der Waals surface area (Å²) >= 11 is 0.